The first-order valence-electron chi connectivity index (χ1n) is 18.9. The molecule has 14 nitrogen and oxygen atoms in total. The van der Waals surface area contributed by atoms with E-state index in [1.54, 1.807) is 30.3 Å². The number of carbonyl (C=O) groups is 4. The zero-order valence-corrected chi connectivity index (χ0v) is 31.5. The van der Waals surface area contributed by atoms with Gasteiger partial charge in [0.05, 0.1) is 24.6 Å². The van der Waals surface area contributed by atoms with Crippen LogP contribution in [0.4, 0.5) is 9.18 Å². The maximum Gasteiger partial charge on any atom is 0.407 e. The lowest BCUT2D eigenvalue weighted by atomic mass is 10.1. The highest BCUT2D eigenvalue weighted by molar-refractivity contribution is 7.91. The minimum Gasteiger partial charge on any atom is -0.484 e. The van der Waals surface area contributed by atoms with E-state index < -0.39 is 74.5 Å². The topological polar surface area (TPSA) is 186 Å². The molecule has 1 saturated heterocycles. The molecule has 8 rings (SSSR count). The number of hydrogen-bond acceptors (Lipinski definition) is 10. The Bertz CT molecular complexity index is 2360. The highest BCUT2D eigenvalue weighted by atomic mass is 32.2. The number of nitrogens with one attached hydrogen (secondary N) is 3. The average Bonchev–Trinajstić information content (AvgIpc) is 4.08. The number of alkyl carbamates (subject to hydrolysis) is 1. The normalized spacial score (nSPS) is 26.3. The summed E-state index contributed by atoms with van der Waals surface area (Å²) >= 11 is 0. The lowest BCUT2D eigenvalue weighted by Crippen LogP contribution is -2.58. The first-order valence-corrected chi connectivity index (χ1v) is 20.5. The first kappa shape index (κ1) is 37.4. The van der Waals surface area contributed by atoms with Gasteiger partial charge in [0.1, 0.15) is 40.6 Å². The van der Waals surface area contributed by atoms with Gasteiger partial charge in [0.2, 0.25) is 21.8 Å². The lowest BCUT2D eigenvalue weighted by Gasteiger charge is -2.29. The number of hydrogen-bond donors (Lipinski definition) is 3. The van der Waals surface area contributed by atoms with Crippen LogP contribution < -0.4 is 20.1 Å². The average molecular weight is 788 g/mol. The molecule has 294 valence electrons. The van der Waals surface area contributed by atoms with E-state index in [0.717, 1.165) is 12.8 Å². The van der Waals surface area contributed by atoms with E-state index in [9.17, 15) is 27.6 Å². The third-order valence-electron chi connectivity index (χ3n) is 11.1. The van der Waals surface area contributed by atoms with Gasteiger partial charge in [-0.25, -0.2) is 22.6 Å². The number of ether oxygens (including phenoxy) is 2. The van der Waals surface area contributed by atoms with Crippen LogP contribution >= 0.6 is 0 Å². The molecule has 0 unspecified atom stereocenters. The van der Waals surface area contributed by atoms with Crippen LogP contribution in [0.2, 0.25) is 0 Å². The van der Waals surface area contributed by atoms with Crippen LogP contribution in [0.5, 0.6) is 5.75 Å². The maximum absolute atomic E-state index is 15.1. The fourth-order valence-corrected chi connectivity index (χ4v) is 9.14. The minimum absolute atomic E-state index is 0.0415. The molecule has 2 saturated carbocycles. The number of methoxy groups -OCH3 is 1. The second-order valence-electron chi connectivity index (χ2n) is 14.9. The number of nitrogens with zero attached hydrogens (tertiary/aromatic N) is 2. The van der Waals surface area contributed by atoms with Crippen molar-refractivity contribution in [1.82, 2.24) is 25.2 Å². The molecule has 0 bridgehead atoms. The van der Waals surface area contributed by atoms with E-state index in [2.05, 4.69) is 15.4 Å². The first-order chi connectivity index (χ1) is 27.0. The number of sulfonamides is 1. The number of para-hydroxylation sites is 1. The molecule has 4 aliphatic rings. The second kappa shape index (κ2) is 14.9. The van der Waals surface area contributed by atoms with E-state index >= 15 is 4.39 Å². The molecule has 2 aliphatic heterocycles. The molecular weight excluding hydrogens is 746 g/mol. The van der Waals surface area contributed by atoms with Crippen LogP contribution in [-0.4, -0.2) is 84.7 Å². The quantitative estimate of drug-likeness (QED) is 0.219. The number of fused-ring (bicyclic) bond motifs is 5. The van der Waals surface area contributed by atoms with Gasteiger partial charge in [0.25, 0.3) is 5.91 Å². The molecule has 3 fully saturated rings. The molecule has 16 heteroatoms. The highest BCUT2D eigenvalue weighted by Gasteiger charge is 2.62. The molecule has 4 amide bonds. The predicted octanol–water partition coefficient (Wildman–Crippen LogP) is 4.86. The molecule has 2 aromatic heterocycles. The Morgan fingerprint density at radius 3 is 2.62 bits per heavy atom. The van der Waals surface area contributed by atoms with Crippen molar-refractivity contribution in [3.63, 3.8) is 0 Å². The van der Waals surface area contributed by atoms with Gasteiger partial charge in [0.15, 0.2) is 11.3 Å². The summed E-state index contributed by atoms with van der Waals surface area (Å²) in [7, 11) is -2.73. The van der Waals surface area contributed by atoms with E-state index in [0.29, 0.717) is 42.2 Å². The molecule has 2 aromatic carbocycles. The summed E-state index contributed by atoms with van der Waals surface area (Å²) in [6.45, 7) is -0.103. The Kier molecular flexibility index (Phi) is 9.93. The van der Waals surface area contributed by atoms with Gasteiger partial charge in [-0.3, -0.25) is 19.1 Å². The predicted molar refractivity (Wildman–Crippen MR) is 202 cm³/mol. The van der Waals surface area contributed by atoms with Crippen LogP contribution in [0.15, 0.2) is 71.2 Å². The number of carbonyl (C=O) groups excluding carboxylic acids is 4. The van der Waals surface area contributed by atoms with Gasteiger partial charge < -0.3 is 29.4 Å². The number of benzene rings is 2. The van der Waals surface area contributed by atoms with Gasteiger partial charge in [-0.15, -0.1) is 0 Å². The summed E-state index contributed by atoms with van der Waals surface area (Å²) in [4.78, 5) is 61.1. The number of pyridine rings is 1. The fraction of sp³-hybridized carbons (Fsp3) is 0.425. The minimum atomic E-state index is -3.92. The van der Waals surface area contributed by atoms with Crippen molar-refractivity contribution in [2.24, 2.45) is 5.92 Å². The number of rotatable bonds is 7. The van der Waals surface area contributed by atoms with Gasteiger partial charge in [-0.2, -0.15) is 0 Å². The van der Waals surface area contributed by atoms with Crippen LogP contribution in [0.1, 0.15) is 57.8 Å². The molecule has 2 aliphatic carbocycles. The Morgan fingerprint density at radius 2 is 1.84 bits per heavy atom. The third kappa shape index (κ3) is 7.29. The van der Waals surface area contributed by atoms with Crippen LogP contribution in [0.3, 0.4) is 0 Å². The van der Waals surface area contributed by atoms with Crippen molar-refractivity contribution in [3.8, 4) is 17.0 Å². The Balaban J connectivity index is 1.15. The lowest BCUT2D eigenvalue weighted by molar-refractivity contribution is -0.141. The van der Waals surface area contributed by atoms with E-state index in [1.807, 2.05) is 30.4 Å². The maximum atomic E-state index is 15.1. The van der Waals surface area contributed by atoms with Crippen molar-refractivity contribution >= 4 is 55.9 Å². The van der Waals surface area contributed by atoms with E-state index in [4.69, 9.17) is 18.9 Å². The van der Waals surface area contributed by atoms with Gasteiger partial charge >= 0.3 is 6.09 Å². The number of amides is 4. The molecular formula is C40H42FN5O9S. The zero-order valence-electron chi connectivity index (χ0n) is 30.7. The largest absolute Gasteiger partial charge is 0.484 e. The summed E-state index contributed by atoms with van der Waals surface area (Å²) < 4.78 is 60.7. The SMILES string of the molecule is COC(=O)N[C@H]1CCCCC/C=C\[C@@H]2C[C@@]2(C(=O)NS(=O)(=O)C2CC2)NC(=O)[C@@H]2C[C@@H](Oc3cc(-c4ccccc4F)nc4c3oc3ccccc34)CN2C1=O. The summed E-state index contributed by atoms with van der Waals surface area (Å²) in [5.41, 5.74) is 0.210. The Morgan fingerprint density at radius 1 is 1.05 bits per heavy atom. The molecule has 4 heterocycles. The van der Waals surface area contributed by atoms with E-state index in [-0.39, 0.29) is 48.4 Å². The van der Waals surface area contributed by atoms with Crippen molar-refractivity contribution in [3.05, 3.63) is 72.6 Å². The van der Waals surface area contributed by atoms with Crippen LogP contribution in [0.25, 0.3) is 33.3 Å². The van der Waals surface area contributed by atoms with Gasteiger partial charge in [-0.05, 0) is 62.8 Å². The fourth-order valence-electron chi connectivity index (χ4n) is 7.77. The summed E-state index contributed by atoms with van der Waals surface area (Å²) in [5, 5.41) is 5.50. The molecule has 4 aromatic rings. The number of aromatic nitrogens is 1. The zero-order chi connectivity index (χ0) is 39.2. The summed E-state index contributed by atoms with van der Waals surface area (Å²) in [6, 6.07) is 12.8. The van der Waals surface area contributed by atoms with Crippen molar-refractivity contribution < 1.29 is 45.9 Å². The molecule has 5 atom stereocenters. The monoisotopic (exact) mass is 787 g/mol. The van der Waals surface area contributed by atoms with Crippen molar-refractivity contribution in [2.45, 2.75) is 86.8 Å². The number of furan rings is 1. The number of allylic oxidation sites excluding steroid dienone is 1. The Hall–Kier alpha value is -5.51. The third-order valence-corrected chi connectivity index (χ3v) is 12.9. The molecule has 0 radical (unpaired) electrons. The summed E-state index contributed by atoms with van der Waals surface area (Å²) in [6.07, 6.45) is 6.20. The van der Waals surface area contributed by atoms with Gasteiger partial charge in [0, 0.05) is 29.4 Å². The molecule has 56 heavy (non-hydrogen) atoms. The van der Waals surface area contributed by atoms with Crippen LogP contribution in [0, 0.1) is 11.7 Å². The Labute approximate surface area is 322 Å². The van der Waals surface area contributed by atoms with Crippen LogP contribution in [-0.2, 0) is 29.1 Å². The standard InChI is InChI=1S/C40H42FN5O9S/c1-53-39(50)43-29-15-6-4-2-3-5-11-23-21-40(23,38(49)45-56(51,52)25-17-18-25)44-36(47)31-19-24(22-46(31)37(29)48)54-33-20-30(26-12-7-9-14-28(26)41)42-34-27-13-8-10-16-32(27)55-35(33)34/h5,7-14,16,20,23-25,29,31H,2-4,6,15,17-19,21-22H2,1H3,(H,43,50)(H,44,47)(H,45,49)/b11-5-/t23-,24-,29+,31+,40-/m1/s1. The molecule has 3 N–H and O–H groups in total. The van der Waals surface area contributed by atoms with Crippen molar-refractivity contribution in [1.29, 1.82) is 0 Å². The second-order valence-corrected chi connectivity index (χ2v) is 16.9. The number of halogens is 1. The van der Waals surface area contributed by atoms with Gasteiger partial charge in [-0.1, -0.05) is 49.3 Å². The molecule has 0 spiro atoms. The summed E-state index contributed by atoms with van der Waals surface area (Å²) in [5.74, 6) is -2.80. The smallest absolute Gasteiger partial charge is 0.407 e. The van der Waals surface area contributed by atoms with E-state index in [1.165, 1.54) is 18.1 Å². The van der Waals surface area contributed by atoms with Crippen molar-refractivity contribution in [2.75, 3.05) is 13.7 Å². The highest BCUT2D eigenvalue weighted by Crippen LogP contribution is 2.46.